The van der Waals surface area contributed by atoms with Crippen molar-refractivity contribution in [2.45, 2.75) is 23.8 Å². The molecule has 0 radical (unpaired) electrons. The molecule has 0 unspecified atom stereocenters. The molecule has 0 bridgehead atoms. The van der Waals surface area contributed by atoms with Crippen LogP contribution < -0.4 is 10.0 Å². The van der Waals surface area contributed by atoms with Crippen LogP contribution in [0.15, 0.2) is 17.0 Å². The average Bonchev–Trinajstić information content (AvgIpc) is 2.27. The summed E-state index contributed by atoms with van der Waals surface area (Å²) in [5.41, 5.74) is 0. The summed E-state index contributed by atoms with van der Waals surface area (Å²) < 4.78 is 27.3. The van der Waals surface area contributed by atoms with Gasteiger partial charge in [-0.05, 0) is 38.1 Å². The zero-order chi connectivity index (χ0) is 14.0. The molecular weight excluding hydrogens is 366 g/mol. The van der Waals surface area contributed by atoms with E-state index in [4.69, 9.17) is 34.8 Å². The second kappa shape index (κ2) is 7.49. The van der Waals surface area contributed by atoms with Crippen molar-refractivity contribution in [3.05, 3.63) is 27.2 Å². The number of piperidine rings is 1. The Hall–Kier alpha value is 0.250. The van der Waals surface area contributed by atoms with Crippen molar-refractivity contribution in [2.24, 2.45) is 0 Å². The lowest BCUT2D eigenvalue weighted by Crippen LogP contribution is -2.42. The quantitative estimate of drug-likeness (QED) is 0.848. The number of hydrogen-bond donors (Lipinski definition) is 2. The first-order chi connectivity index (χ1) is 8.90. The van der Waals surface area contributed by atoms with E-state index in [0.717, 1.165) is 25.9 Å². The molecule has 1 aliphatic rings. The number of hydrogen-bond acceptors (Lipinski definition) is 3. The third kappa shape index (κ3) is 4.37. The predicted octanol–water partition coefficient (Wildman–Crippen LogP) is 3.10. The molecule has 0 saturated carbocycles. The van der Waals surface area contributed by atoms with Crippen molar-refractivity contribution in [2.75, 3.05) is 13.1 Å². The lowest BCUT2D eigenvalue weighted by atomic mass is 10.1. The van der Waals surface area contributed by atoms with Crippen LogP contribution in [0.2, 0.25) is 15.1 Å². The molecule has 1 heterocycles. The van der Waals surface area contributed by atoms with Crippen LogP contribution in [-0.4, -0.2) is 27.5 Å². The molecule has 1 saturated heterocycles. The molecule has 0 atom stereocenters. The normalized spacial score (nSPS) is 16.8. The Bertz CT molecular complexity index is 551. The highest BCUT2D eigenvalue weighted by Crippen LogP contribution is 2.32. The number of rotatable bonds is 3. The molecule has 0 spiro atoms. The fourth-order valence-electron chi connectivity index (χ4n) is 2.00. The highest BCUT2D eigenvalue weighted by atomic mass is 35.5. The third-order valence-electron chi connectivity index (χ3n) is 2.89. The summed E-state index contributed by atoms with van der Waals surface area (Å²) in [5.74, 6) is 0. The Labute approximate surface area is 139 Å². The minimum absolute atomic E-state index is 0. The Morgan fingerprint density at radius 1 is 1.10 bits per heavy atom. The molecule has 1 aromatic carbocycles. The number of benzene rings is 1. The minimum atomic E-state index is -3.74. The van der Waals surface area contributed by atoms with Crippen LogP contribution in [0.4, 0.5) is 0 Å². The maximum atomic E-state index is 12.3. The Balaban J connectivity index is 0.00000200. The Morgan fingerprint density at radius 2 is 1.60 bits per heavy atom. The van der Waals surface area contributed by atoms with E-state index in [-0.39, 0.29) is 33.4 Å². The molecule has 20 heavy (non-hydrogen) atoms. The van der Waals surface area contributed by atoms with Crippen LogP contribution in [0.5, 0.6) is 0 Å². The number of nitrogens with one attached hydrogen (secondary N) is 2. The molecule has 0 amide bonds. The molecule has 9 heteroatoms. The average molecular weight is 380 g/mol. The van der Waals surface area contributed by atoms with Gasteiger partial charge in [0.1, 0.15) is 4.90 Å². The zero-order valence-corrected chi connectivity index (χ0v) is 14.2. The topological polar surface area (TPSA) is 58.2 Å². The lowest BCUT2D eigenvalue weighted by molar-refractivity contribution is 0.427. The van der Waals surface area contributed by atoms with Gasteiger partial charge in [-0.2, -0.15) is 0 Å². The first-order valence-corrected chi connectivity index (χ1v) is 8.39. The van der Waals surface area contributed by atoms with Crippen molar-refractivity contribution in [3.63, 3.8) is 0 Å². The smallest absolute Gasteiger partial charge is 0.243 e. The first kappa shape index (κ1) is 18.3. The van der Waals surface area contributed by atoms with E-state index in [2.05, 4.69) is 10.0 Å². The molecular formula is C11H14Cl4N2O2S. The van der Waals surface area contributed by atoms with E-state index in [9.17, 15) is 8.42 Å². The Morgan fingerprint density at radius 3 is 2.10 bits per heavy atom. The highest BCUT2D eigenvalue weighted by Gasteiger charge is 2.26. The summed E-state index contributed by atoms with van der Waals surface area (Å²) in [6.07, 6.45) is 1.48. The summed E-state index contributed by atoms with van der Waals surface area (Å²) in [6.45, 7) is 1.57. The van der Waals surface area contributed by atoms with Gasteiger partial charge in [-0.15, -0.1) is 12.4 Å². The molecule has 2 rings (SSSR count). The van der Waals surface area contributed by atoms with Crippen molar-refractivity contribution in [3.8, 4) is 0 Å². The maximum absolute atomic E-state index is 12.3. The summed E-state index contributed by atoms with van der Waals surface area (Å²) >= 11 is 17.6. The van der Waals surface area contributed by atoms with Gasteiger partial charge < -0.3 is 5.32 Å². The molecule has 0 aromatic heterocycles. The summed E-state index contributed by atoms with van der Waals surface area (Å²) in [7, 11) is -3.74. The van der Waals surface area contributed by atoms with Crippen LogP contribution in [0.25, 0.3) is 0 Å². The summed E-state index contributed by atoms with van der Waals surface area (Å²) in [6, 6.07) is 2.63. The monoisotopic (exact) mass is 378 g/mol. The van der Waals surface area contributed by atoms with E-state index < -0.39 is 10.0 Å². The van der Waals surface area contributed by atoms with Gasteiger partial charge in [0.05, 0.1) is 10.0 Å². The van der Waals surface area contributed by atoms with Crippen molar-refractivity contribution >= 4 is 57.2 Å². The second-order valence-electron chi connectivity index (χ2n) is 4.34. The molecule has 114 valence electrons. The number of sulfonamides is 1. The fraction of sp³-hybridized carbons (Fsp3) is 0.455. The standard InChI is InChI=1S/C11H13Cl3N2O2S.ClH/c12-7-5-9(13)11(10(14)6-7)19(17,18)16-8-1-3-15-4-2-8;/h5-6,8,15-16H,1-4H2;1H. The summed E-state index contributed by atoms with van der Waals surface area (Å²) in [5, 5.41) is 3.52. The molecule has 1 aliphatic heterocycles. The molecule has 4 nitrogen and oxygen atoms in total. The van der Waals surface area contributed by atoms with E-state index in [0.29, 0.717) is 5.02 Å². The fourth-order valence-corrected chi connectivity index (χ4v) is 4.85. The van der Waals surface area contributed by atoms with Gasteiger partial charge >= 0.3 is 0 Å². The molecule has 0 aliphatic carbocycles. The first-order valence-electron chi connectivity index (χ1n) is 5.78. The van der Waals surface area contributed by atoms with Crippen molar-refractivity contribution in [1.29, 1.82) is 0 Å². The van der Waals surface area contributed by atoms with Gasteiger partial charge in [0, 0.05) is 11.1 Å². The predicted molar refractivity (Wildman–Crippen MR) is 84.9 cm³/mol. The van der Waals surface area contributed by atoms with E-state index in [1.807, 2.05) is 0 Å². The van der Waals surface area contributed by atoms with Crippen LogP contribution in [0.3, 0.4) is 0 Å². The lowest BCUT2D eigenvalue weighted by Gasteiger charge is -2.24. The van der Waals surface area contributed by atoms with E-state index in [1.54, 1.807) is 0 Å². The second-order valence-corrected chi connectivity index (χ2v) is 7.25. The molecule has 1 fully saturated rings. The zero-order valence-electron chi connectivity index (χ0n) is 10.3. The largest absolute Gasteiger partial charge is 0.317 e. The van der Waals surface area contributed by atoms with E-state index >= 15 is 0 Å². The molecule has 1 aromatic rings. The number of halogens is 4. The minimum Gasteiger partial charge on any atom is -0.317 e. The third-order valence-corrected chi connectivity index (χ3v) is 5.55. The van der Waals surface area contributed by atoms with Gasteiger partial charge in [-0.25, -0.2) is 13.1 Å². The van der Waals surface area contributed by atoms with Crippen molar-refractivity contribution < 1.29 is 8.42 Å². The van der Waals surface area contributed by atoms with Gasteiger partial charge in [-0.3, -0.25) is 0 Å². The Kier molecular flexibility index (Phi) is 6.86. The summed E-state index contributed by atoms with van der Waals surface area (Å²) in [4.78, 5) is -0.112. The SMILES string of the molecule is Cl.O=S(=O)(NC1CCNCC1)c1c(Cl)cc(Cl)cc1Cl. The van der Waals surface area contributed by atoms with Gasteiger partial charge in [-0.1, -0.05) is 34.8 Å². The van der Waals surface area contributed by atoms with Crippen LogP contribution >= 0.6 is 47.2 Å². The van der Waals surface area contributed by atoms with E-state index in [1.165, 1.54) is 12.1 Å². The van der Waals surface area contributed by atoms with Crippen LogP contribution in [0.1, 0.15) is 12.8 Å². The van der Waals surface area contributed by atoms with Crippen LogP contribution in [-0.2, 0) is 10.0 Å². The maximum Gasteiger partial charge on any atom is 0.243 e. The van der Waals surface area contributed by atoms with Crippen molar-refractivity contribution in [1.82, 2.24) is 10.0 Å². The van der Waals surface area contributed by atoms with Crippen LogP contribution in [0, 0.1) is 0 Å². The van der Waals surface area contributed by atoms with Gasteiger partial charge in [0.2, 0.25) is 10.0 Å². The van der Waals surface area contributed by atoms with Gasteiger partial charge in [0.25, 0.3) is 0 Å². The van der Waals surface area contributed by atoms with Gasteiger partial charge in [0.15, 0.2) is 0 Å². The highest BCUT2D eigenvalue weighted by molar-refractivity contribution is 7.89. The molecule has 2 N–H and O–H groups in total.